The van der Waals surface area contributed by atoms with Gasteiger partial charge in [0.1, 0.15) is 0 Å². The third-order valence-electron chi connectivity index (χ3n) is 4.30. The van der Waals surface area contributed by atoms with Gasteiger partial charge in [0.05, 0.1) is 10.9 Å². The third-order valence-corrected chi connectivity index (χ3v) is 5.33. The summed E-state index contributed by atoms with van der Waals surface area (Å²) in [5.41, 5.74) is 6.20. The number of benzene rings is 2. The second kappa shape index (κ2) is 7.92. The molecule has 0 fully saturated rings. The number of aryl methyl sites for hydroxylation is 4. The summed E-state index contributed by atoms with van der Waals surface area (Å²) in [5, 5.41) is 15.2. The highest BCUT2D eigenvalue weighted by Gasteiger charge is 2.20. The van der Waals surface area contributed by atoms with Crippen LogP contribution in [0.3, 0.4) is 0 Å². The van der Waals surface area contributed by atoms with Crippen LogP contribution < -0.4 is 5.32 Å². The van der Waals surface area contributed by atoms with E-state index >= 15 is 0 Å². The van der Waals surface area contributed by atoms with Gasteiger partial charge < -0.3 is 5.32 Å². The van der Waals surface area contributed by atoms with Crippen LogP contribution in [0, 0.1) is 27.7 Å². The molecule has 0 bridgehead atoms. The van der Waals surface area contributed by atoms with Crippen molar-refractivity contribution in [1.82, 2.24) is 20.2 Å². The molecular weight excluding hydrogens is 358 g/mol. The van der Waals surface area contributed by atoms with Crippen LogP contribution in [-0.2, 0) is 4.79 Å². The van der Waals surface area contributed by atoms with E-state index in [-0.39, 0.29) is 11.2 Å². The highest BCUT2D eigenvalue weighted by molar-refractivity contribution is 8.00. The van der Waals surface area contributed by atoms with E-state index in [1.165, 1.54) is 17.3 Å². The highest BCUT2D eigenvalue weighted by atomic mass is 32.2. The quantitative estimate of drug-likeness (QED) is 0.676. The van der Waals surface area contributed by atoms with E-state index in [0.717, 1.165) is 28.1 Å². The van der Waals surface area contributed by atoms with Crippen LogP contribution in [0.2, 0.25) is 0 Å². The number of amides is 1. The molecule has 0 saturated carbocycles. The van der Waals surface area contributed by atoms with Gasteiger partial charge in [-0.3, -0.25) is 4.79 Å². The maximum atomic E-state index is 12.7. The third kappa shape index (κ3) is 4.36. The molecule has 0 aliphatic rings. The number of nitrogens with zero attached hydrogens (tertiary/aromatic N) is 4. The lowest BCUT2D eigenvalue weighted by atomic mass is 10.1. The van der Waals surface area contributed by atoms with Crippen LogP contribution in [0.5, 0.6) is 0 Å². The lowest BCUT2D eigenvalue weighted by Crippen LogP contribution is -2.24. The molecule has 1 amide bonds. The van der Waals surface area contributed by atoms with Gasteiger partial charge in [0, 0.05) is 5.69 Å². The summed E-state index contributed by atoms with van der Waals surface area (Å²) in [6.45, 7) is 9.94. The largest absolute Gasteiger partial charge is 0.325 e. The summed E-state index contributed by atoms with van der Waals surface area (Å²) in [4.78, 5) is 12.7. The van der Waals surface area contributed by atoms with Crippen molar-refractivity contribution in [3.8, 4) is 5.69 Å². The first-order chi connectivity index (χ1) is 12.8. The van der Waals surface area contributed by atoms with E-state index in [4.69, 9.17) is 0 Å². The second-order valence-electron chi connectivity index (χ2n) is 6.73. The van der Waals surface area contributed by atoms with E-state index in [0.29, 0.717) is 5.16 Å². The Labute approximate surface area is 163 Å². The van der Waals surface area contributed by atoms with Crippen molar-refractivity contribution >= 4 is 23.4 Å². The maximum absolute atomic E-state index is 12.7. The topological polar surface area (TPSA) is 72.7 Å². The van der Waals surface area contributed by atoms with Gasteiger partial charge in [-0.05, 0) is 68.3 Å². The van der Waals surface area contributed by atoms with Crippen molar-refractivity contribution in [2.75, 3.05) is 5.32 Å². The van der Waals surface area contributed by atoms with Gasteiger partial charge in [0.25, 0.3) is 0 Å². The van der Waals surface area contributed by atoms with Gasteiger partial charge in [0.15, 0.2) is 0 Å². The van der Waals surface area contributed by atoms with Gasteiger partial charge in [-0.25, -0.2) is 0 Å². The predicted molar refractivity (Wildman–Crippen MR) is 108 cm³/mol. The van der Waals surface area contributed by atoms with Crippen molar-refractivity contribution in [2.45, 2.75) is 45.0 Å². The highest BCUT2D eigenvalue weighted by Crippen LogP contribution is 2.26. The molecule has 140 valence electrons. The molecule has 3 aromatic rings. The van der Waals surface area contributed by atoms with Crippen LogP contribution in [0.25, 0.3) is 5.69 Å². The Bertz CT molecular complexity index is 942. The lowest BCUT2D eigenvalue weighted by molar-refractivity contribution is -0.115. The average Bonchev–Trinajstić information content (AvgIpc) is 3.06. The molecular formula is C20H23N5OS. The molecule has 3 rings (SSSR count). The monoisotopic (exact) mass is 381 g/mol. The van der Waals surface area contributed by atoms with Gasteiger partial charge in [-0.1, -0.05) is 47.2 Å². The molecule has 27 heavy (non-hydrogen) atoms. The minimum Gasteiger partial charge on any atom is -0.325 e. The van der Waals surface area contributed by atoms with E-state index < -0.39 is 0 Å². The van der Waals surface area contributed by atoms with Crippen molar-refractivity contribution in [2.24, 2.45) is 0 Å². The number of carbonyl (C=O) groups is 1. The molecule has 0 aliphatic carbocycles. The molecule has 1 aromatic heterocycles. The Hall–Kier alpha value is -2.67. The molecule has 1 unspecified atom stereocenters. The summed E-state index contributed by atoms with van der Waals surface area (Å²) >= 11 is 1.33. The summed E-state index contributed by atoms with van der Waals surface area (Å²) < 4.78 is 1.65. The van der Waals surface area contributed by atoms with Crippen molar-refractivity contribution < 1.29 is 4.79 Å². The number of carbonyl (C=O) groups excluding carboxylic acids is 1. The number of tetrazole rings is 1. The normalized spacial score (nSPS) is 12.0. The zero-order chi connectivity index (χ0) is 19.6. The van der Waals surface area contributed by atoms with Gasteiger partial charge in [-0.15, -0.1) is 5.10 Å². The van der Waals surface area contributed by atoms with E-state index in [2.05, 4.69) is 39.9 Å². The maximum Gasteiger partial charge on any atom is 0.237 e. The Balaban J connectivity index is 1.75. The first kappa shape index (κ1) is 19.1. The van der Waals surface area contributed by atoms with Crippen LogP contribution >= 0.6 is 11.8 Å². The van der Waals surface area contributed by atoms with Gasteiger partial charge in [-0.2, -0.15) is 4.68 Å². The summed E-state index contributed by atoms with van der Waals surface area (Å²) in [6, 6.07) is 12.1. The second-order valence-corrected chi connectivity index (χ2v) is 8.04. The number of anilines is 1. The van der Waals surface area contributed by atoms with Crippen LogP contribution in [0.15, 0.2) is 41.6 Å². The Morgan fingerprint density at radius 1 is 1.04 bits per heavy atom. The Kier molecular flexibility index (Phi) is 5.60. The number of hydrogen-bond acceptors (Lipinski definition) is 5. The zero-order valence-corrected chi connectivity index (χ0v) is 17.0. The molecule has 0 saturated heterocycles. The Morgan fingerprint density at radius 3 is 2.30 bits per heavy atom. The minimum atomic E-state index is -0.347. The summed E-state index contributed by atoms with van der Waals surface area (Å²) in [7, 11) is 0. The van der Waals surface area contributed by atoms with Crippen molar-refractivity contribution in [3.63, 3.8) is 0 Å². The minimum absolute atomic E-state index is 0.0755. The molecule has 1 atom stereocenters. The standard InChI is InChI=1S/C20H23N5OS/c1-12-6-8-17(9-7-12)25-20(22-23-24-25)27-16(5)19(26)21-18-14(3)10-13(2)11-15(18)4/h6-11,16H,1-5H3,(H,21,26). The fraction of sp³-hybridized carbons (Fsp3) is 0.300. The summed E-state index contributed by atoms with van der Waals surface area (Å²) in [6.07, 6.45) is 0. The molecule has 0 spiro atoms. The molecule has 7 heteroatoms. The van der Waals surface area contributed by atoms with Crippen molar-refractivity contribution in [3.05, 3.63) is 58.7 Å². The zero-order valence-electron chi connectivity index (χ0n) is 16.1. The SMILES string of the molecule is Cc1ccc(-n2nnnc2SC(C)C(=O)Nc2c(C)cc(C)cc2C)cc1. The lowest BCUT2D eigenvalue weighted by Gasteiger charge is -2.16. The van der Waals surface area contributed by atoms with Crippen molar-refractivity contribution in [1.29, 1.82) is 0 Å². The van der Waals surface area contributed by atoms with Gasteiger partial charge >= 0.3 is 0 Å². The van der Waals surface area contributed by atoms with Crippen LogP contribution in [0.1, 0.15) is 29.2 Å². The van der Waals surface area contributed by atoms with E-state index in [9.17, 15) is 4.79 Å². The molecule has 0 radical (unpaired) electrons. The molecule has 1 N–H and O–H groups in total. The number of aromatic nitrogens is 4. The van der Waals surface area contributed by atoms with E-state index in [1.54, 1.807) is 4.68 Å². The molecule has 2 aromatic carbocycles. The van der Waals surface area contributed by atoms with Crippen LogP contribution in [0.4, 0.5) is 5.69 Å². The Morgan fingerprint density at radius 2 is 1.67 bits per heavy atom. The first-order valence-electron chi connectivity index (χ1n) is 8.76. The molecule has 6 nitrogen and oxygen atoms in total. The number of nitrogens with one attached hydrogen (secondary N) is 1. The first-order valence-corrected chi connectivity index (χ1v) is 9.64. The summed E-state index contributed by atoms with van der Waals surface area (Å²) in [5.74, 6) is -0.0755. The number of rotatable bonds is 5. The van der Waals surface area contributed by atoms with Gasteiger partial charge in [0.2, 0.25) is 11.1 Å². The fourth-order valence-electron chi connectivity index (χ4n) is 2.91. The number of thioether (sulfide) groups is 1. The van der Waals surface area contributed by atoms with E-state index in [1.807, 2.05) is 52.0 Å². The smallest absolute Gasteiger partial charge is 0.237 e. The fourth-order valence-corrected chi connectivity index (χ4v) is 3.72. The van der Waals surface area contributed by atoms with Crippen LogP contribution in [-0.4, -0.2) is 31.4 Å². The average molecular weight is 382 g/mol. The molecule has 1 heterocycles. The number of hydrogen-bond donors (Lipinski definition) is 1. The predicted octanol–water partition coefficient (Wildman–Crippen LogP) is 4.02. The molecule has 0 aliphatic heterocycles.